The molecule has 1 aromatic rings. The first-order valence-electron chi connectivity index (χ1n) is 7.22. The zero-order valence-electron chi connectivity index (χ0n) is 11.4. The van der Waals surface area contributed by atoms with Gasteiger partial charge in [0.25, 0.3) is 0 Å². The van der Waals surface area contributed by atoms with Crippen LogP contribution < -0.4 is 5.32 Å². The molecule has 2 fully saturated rings. The molecule has 1 heterocycles. The van der Waals surface area contributed by atoms with Crippen LogP contribution in [0.5, 0.6) is 0 Å². The zero-order valence-corrected chi connectivity index (χ0v) is 11.4. The van der Waals surface area contributed by atoms with Gasteiger partial charge in [-0.25, -0.2) is 4.79 Å². The van der Waals surface area contributed by atoms with Crippen LogP contribution in [0.4, 0.5) is 0 Å². The molecule has 3 heteroatoms. The lowest BCUT2D eigenvalue weighted by molar-refractivity contribution is 0.0600. The summed E-state index contributed by atoms with van der Waals surface area (Å²) in [6.45, 7) is 2.15. The smallest absolute Gasteiger partial charge is 0.337 e. The van der Waals surface area contributed by atoms with Gasteiger partial charge in [0, 0.05) is 0 Å². The minimum Gasteiger partial charge on any atom is -0.465 e. The second-order valence-corrected chi connectivity index (χ2v) is 5.68. The van der Waals surface area contributed by atoms with E-state index in [1.54, 1.807) is 0 Å². The standard InChI is InChI=1S/C16H21NO2/c1-19-16(18)15-9-13(11-2-3-11)8-14(10-15)12-4-6-17-7-5-12/h8-12,17H,2-7H2,1H3. The Bertz CT molecular complexity index is 474. The summed E-state index contributed by atoms with van der Waals surface area (Å²) in [5, 5.41) is 3.39. The number of nitrogens with one attached hydrogen (secondary N) is 1. The van der Waals surface area contributed by atoms with E-state index >= 15 is 0 Å². The molecule has 19 heavy (non-hydrogen) atoms. The van der Waals surface area contributed by atoms with E-state index < -0.39 is 0 Å². The van der Waals surface area contributed by atoms with E-state index in [0.29, 0.717) is 11.8 Å². The van der Waals surface area contributed by atoms with Crippen LogP contribution in [0.15, 0.2) is 18.2 Å². The van der Waals surface area contributed by atoms with Crippen LogP contribution in [0.25, 0.3) is 0 Å². The predicted molar refractivity (Wildman–Crippen MR) is 74.6 cm³/mol. The molecule has 0 amide bonds. The van der Waals surface area contributed by atoms with E-state index in [1.807, 2.05) is 12.1 Å². The van der Waals surface area contributed by atoms with E-state index in [-0.39, 0.29) is 5.97 Å². The molecule has 0 spiro atoms. The number of hydrogen-bond acceptors (Lipinski definition) is 3. The van der Waals surface area contributed by atoms with Crippen molar-refractivity contribution in [2.45, 2.75) is 37.5 Å². The molecular formula is C16H21NO2. The van der Waals surface area contributed by atoms with Gasteiger partial charge >= 0.3 is 5.97 Å². The molecule has 1 saturated heterocycles. The van der Waals surface area contributed by atoms with Gasteiger partial charge in [0.15, 0.2) is 0 Å². The summed E-state index contributed by atoms with van der Waals surface area (Å²) in [5.41, 5.74) is 3.38. The number of piperidine rings is 1. The second kappa shape index (κ2) is 5.33. The van der Waals surface area contributed by atoms with E-state index in [4.69, 9.17) is 4.74 Å². The molecule has 3 nitrogen and oxygen atoms in total. The van der Waals surface area contributed by atoms with Crippen LogP contribution in [-0.4, -0.2) is 26.2 Å². The Kier molecular flexibility index (Phi) is 3.56. The lowest BCUT2D eigenvalue weighted by Crippen LogP contribution is -2.26. The van der Waals surface area contributed by atoms with Gasteiger partial charge in [0.1, 0.15) is 0 Å². The van der Waals surface area contributed by atoms with Crippen molar-refractivity contribution in [3.63, 3.8) is 0 Å². The first-order valence-corrected chi connectivity index (χ1v) is 7.22. The summed E-state index contributed by atoms with van der Waals surface area (Å²) in [5.74, 6) is 1.05. The van der Waals surface area contributed by atoms with Crippen LogP contribution in [0.1, 0.15) is 59.0 Å². The number of rotatable bonds is 3. The number of benzene rings is 1. The fourth-order valence-corrected chi connectivity index (χ4v) is 2.96. The maximum Gasteiger partial charge on any atom is 0.337 e. The van der Waals surface area contributed by atoms with E-state index in [2.05, 4.69) is 11.4 Å². The number of carbonyl (C=O) groups is 1. The van der Waals surface area contributed by atoms with Gasteiger partial charge in [0.2, 0.25) is 0 Å². The predicted octanol–water partition coefficient (Wildman–Crippen LogP) is 2.82. The van der Waals surface area contributed by atoms with Crippen LogP contribution >= 0.6 is 0 Å². The van der Waals surface area contributed by atoms with Crippen molar-refractivity contribution in [2.75, 3.05) is 20.2 Å². The van der Waals surface area contributed by atoms with Crippen LogP contribution in [0.3, 0.4) is 0 Å². The molecule has 1 aromatic carbocycles. The Morgan fingerprint density at radius 2 is 1.63 bits per heavy atom. The summed E-state index contributed by atoms with van der Waals surface area (Å²) < 4.78 is 4.88. The highest BCUT2D eigenvalue weighted by molar-refractivity contribution is 5.89. The minimum absolute atomic E-state index is 0.210. The van der Waals surface area contributed by atoms with Crippen molar-refractivity contribution in [2.24, 2.45) is 0 Å². The Morgan fingerprint density at radius 3 is 2.16 bits per heavy atom. The summed E-state index contributed by atoms with van der Waals surface area (Å²) in [4.78, 5) is 11.8. The summed E-state index contributed by atoms with van der Waals surface area (Å²) >= 11 is 0. The Balaban J connectivity index is 1.92. The average molecular weight is 259 g/mol. The first kappa shape index (κ1) is 12.7. The fourth-order valence-electron chi connectivity index (χ4n) is 2.96. The Hall–Kier alpha value is -1.35. The normalized spacial score (nSPS) is 20.3. The molecule has 1 aliphatic carbocycles. The van der Waals surface area contributed by atoms with E-state index in [9.17, 15) is 4.79 Å². The van der Waals surface area contributed by atoms with Crippen molar-refractivity contribution in [3.05, 3.63) is 34.9 Å². The third kappa shape index (κ3) is 2.81. The molecule has 0 radical (unpaired) electrons. The van der Waals surface area contributed by atoms with Gasteiger partial charge in [-0.15, -0.1) is 0 Å². The number of carbonyl (C=O) groups excluding carboxylic acids is 1. The van der Waals surface area contributed by atoms with Gasteiger partial charge in [-0.2, -0.15) is 0 Å². The lowest BCUT2D eigenvalue weighted by Gasteiger charge is -2.24. The average Bonchev–Trinajstić information content (AvgIpc) is 3.31. The molecule has 1 N–H and O–H groups in total. The van der Waals surface area contributed by atoms with E-state index in [0.717, 1.165) is 31.5 Å². The monoisotopic (exact) mass is 259 g/mol. The van der Waals surface area contributed by atoms with Gasteiger partial charge < -0.3 is 10.1 Å². The lowest BCUT2D eigenvalue weighted by atomic mass is 9.87. The van der Waals surface area contributed by atoms with Crippen LogP contribution in [0, 0.1) is 0 Å². The fraction of sp³-hybridized carbons (Fsp3) is 0.562. The molecule has 102 valence electrons. The highest BCUT2D eigenvalue weighted by atomic mass is 16.5. The van der Waals surface area contributed by atoms with Gasteiger partial charge in [-0.05, 0) is 73.9 Å². The van der Waals surface area contributed by atoms with Crippen LogP contribution in [0.2, 0.25) is 0 Å². The second-order valence-electron chi connectivity index (χ2n) is 5.68. The molecule has 0 atom stereocenters. The van der Waals surface area contributed by atoms with Gasteiger partial charge in [0.05, 0.1) is 12.7 Å². The zero-order chi connectivity index (χ0) is 13.2. The number of ether oxygens (including phenoxy) is 1. The molecular weight excluding hydrogens is 238 g/mol. The molecule has 0 aromatic heterocycles. The van der Waals surface area contributed by atoms with Crippen molar-refractivity contribution in [1.82, 2.24) is 5.32 Å². The largest absolute Gasteiger partial charge is 0.465 e. The van der Waals surface area contributed by atoms with Gasteiger partial charge in [-0.1, -0.05) is 6.07 Å². The highest BCUT2D eigenvalue weighted by Gasteiger charge is 2.26. The van der Waals surface area contributed by atoms with Crippen molar-refractivity contribution in [3.8, 4) is 0 Å². The molecule has 2 aliphatic rings. The summed E-state index contributed by atoms with van der Waals surface area (Å²) in [7, 11) is 1.45. The molecule has 0 bridgehead atoms. The minimum atomic E-state index is -0.210. The Morgan fingerprint density at radius 1 is 1.05 bits per heavy atom. The number of hydrogen-bond donors (Lipinski definition) is 1. The van der Waals surface area contributed by atoms with Crippen molar-refractivity contribution < 1.29 is 9.53 Å². The molecule has 1 saturated carbocycles. The number of esters is 1. The summed E-state index contributed by atoms with van der Waals surface area (Å²) in [6.07, 6.45) is 4.84. The quantitative estimate of drug-likeness (QED) is 0.848. The van der Waals surface area contributed by atoms with Crippen LogP contribution in [-0.2, 0) is 4.74 Å². The summed E-state index contributed by atoms with van der Waals surface area (Å²) in [6, 6.07) is 6.38. The molecule has 3 rings (SSSR count). The molecule has 0 unspecified atom stereocenters. The first-order chi connectivity index (χ1) is 9.28. The third-order valence-electron chi connectivity index (χ3n) is 4.26. The van der Waals surface area contributed by atoms with E-state index in [1.165, 1.54) is 31.1 Å². The highest BCUT2D eigenvalue weighted by Crippen LogP contribution is 2.42. The van der Waals surface area contributed by atoms with Crippen molar-refractivity contribution in [1.29, 1.82) is 0 Å². The topological polar surface area (TPSA) is 38.3 Å². The maximum absolute atomic E-state index is 11.8. The SMILES string of the molecule is COC(=O)c1cc(C2CCNCC2)cc(C2CC2)c1. The van der Waals surface area contributed by atoms with Crippen molar-refractivity contribution >= 4 is 5.97 Å². The number of methoxy groups -OCH3 is 1. The molecule has 1 aliphatic heterocycles. The third-order valence-corrected chi connectivity index (χ3v) is 4.26. The maximum atomic E-state index is 11.8. The Labute approximate surface area is 114 Å². The van der Waals surface area contributed by atoms with Gasteiger partial charge in [-0.3, -0.25) is 0 Å².